The quantitative estimate of drug-likeness (QED) is 0.803. The van der Waals surface area contributed by atoms with E-state index >= 15 is 0 Å². The number of para-hydroxylation sites is 1. The summed E-state index contributed by atoms with van der Waals surface area (Å²) in [6.07, 6.45) is 4.73. The molecule has 6 nitrogen and oxygen atoms in total. The SMILES string of the molecule is Cn1cc(OC2CN(c3c(Br)cccc3S(C)(=O)=O)C2)cn1. The Bertz CT molecular complexity index is 797. The number of aryl methyl sites for hydroxylation is 1. The van der Waals surface area contributed by atoms with Gasteiger partial charge in [-0.1, -0.05) is 6.07 Å². The van der Waals surface area contributed by atoms with E-state index in [9.17, 15) is 8.42 Å². The minimum absolute atomic E-state index is 0.0312. The zero-order valence-corrected chi connectivity index (χ0v) is 14.6. The predicted octanol–water partition coefficient (Wildman–Crippen LogP) is 1.85. The number of halogens is 1. The van der Waals surface area contributed by atoms with E-state index in [1.807, 2.05) is 24.2 Å². The molecular formula is C14H16BrN3O3S. The lowest BCUT2D eigenvalue weighted by Gasteiger charge is -2.41. The average molecular weight is 386 g/mol. The number of anilines is 1. The van der Waals surface area contributed by atoms with Crippen LogP contribution >= 0.6 is 15.9 Å². The molecule has 118 valence electrons. The van der Waals surface area contributed by atoms with Crippen molar-refractivity contribution in [3.8, 4) is 5.75 Å². The topological polar surface area (TPSA) is 64.4 Å². The van der Waals surface area contributed by atoms with Crippen LogP contribution in [0.2, 0.25) is 0 Å². The third kappa shape index (κ3) is 2.98. The summed E-state index contributed by atoms with van der Waals surface area (Å²) in [5, 5.41) is 4.06. The van der Waals surface area contributed by atoms with Crippen LogP contribution in [-0.4, -0.2) is 43.6 Å². The van der Waals surface area contributed by atoms with Gasteiger partial charge in [-0.2, -0.15) is 5.10 Å². The van der Waals surface area contributed by atoms with Crippen LogP contribution in [0, 0.1) is 0 Å². The van der Waals surface area contributed by atoms with Gasteiger partial charge in [-0.3, -0.25) is 4.68 Å². The highest BCUT2D eigenvalue weighted by atomic mass is 79.9. The number of aromatic nitrogens is 2. The first-order valence-corrected chi connectivity index (χ1v) is 9.42. The molecule has 0 aliphatic carbocycles. The molecule has 1 aliphatic rings. The highest BCUT2D eigenvalue weighted by molar-refractivity contribution is 9.10. The summed E-state index contributed by atoms with van der Waals surface area (Å²) >= 11 is 3.44. The van der Waals surface area contributed by atoms with Crippen molar-refractivity contribution in [2.75, 3.05) is 24.2 Å². The van der Waals surface area contributed by atoms with Gasteiger partial charge in [0, 0.05) is 17.8 Å². The third-order valence-electron chi connectivity index (χ3n) is 3.50. The maximum absolute atomic E-state index is 11.9. The van der Waals surface area contributed by atoms with E-state index in [1.165, 1.54) is 6.26 Å². The molecule has 2 aromatic rings. The minimum atomic E-state index is -3.28. The molecule has 0 unspecified atom stereocenters. The van der Waals surface area contributed by atoms with Crippen LogP contribution in [0.5, 0.6) is 5.75 Å². The summed E-state index contributed by atoms with van der Waals surface area (Å²) in [6, 6.07) is 5.21. The van der Waals surface area contributed by atoms with Crippen molar-refractivity contribution < 1.29 is 13.2 Å². The number of hydrogen-bond acceptors (Lipinski definition) is 5. The molecule has 22 heavy (non-hydrogen) atoms. The summed E-state index contributed by atoms with van der Waals surface area (Å²) in [5.41, 5.74) is 0.705. The van der Waals surface area contributed by atoms with Crippen molar-refractivity contribution in [1.82, 2.24) is 9.78 Å². The standard InChI is InChI=1S/C14H16BrN3O3S/c1-17-7-10(6-16-17)21-11-8-18(9-11)14-12(15)4-3-5-13(14)22(2,19)20/h3-7,11H,8-9H2,1-2H3. The lowest BCUT2D eigenvalue weighted by atomic mass is 10.1. The summed E-state index contributed by atoms with van der Waals surface area (Å²) in [5.74, 6) is 0.725. The minimum Gasteiger partial charge on any atom is -0.483 e. The van der Waals surface area contributed by atoms with Gasteiger partial charge in [0.15, 0.2) is 15.6 Å². The first kappa shape index (κ1) is 15.4. The van der Waals surface area contributed by atoms with Gasteiger partial charge in [0.2, 0.25) is 0 Å². The van der Waals surface area contributed by atoms with Crippen LogP contribution in [0.4, 0.5) is 5.69 Å². The first-order valence-electron chi connectivity index (χ1n) is 6.73. The molecule has 1 aromatic carbocycles. The van der Waals surface area contributed by atoms with Crippen molar-refractivity contribution in [2.45, 2.75) is 11.0 Å². The summed E-state index contributed by atoms with van der Waals surface area (Å²) < 4.78 is 32.1. The van der Waals surface area contributed by atoms with Gasteiger partial charge in [-0.25, -0.2) is 8.42 Å². The molecule has 1 saturated heterocycles. The van der Waals surface area contributed by atoms with Gasteiger partial charge < -0.3 is 9.64 Å². The van der Waals surface area contributed by atoms with Crippen LogP contribution in [0.15, 0.2) is 40.0 Å². The van der Waals surface area contributed by atoms with Crippen LogP contribution < -0.4 is 9.64 Å². The van der Waals surface area contributed by atoms with Crippen molar-refractivity contribution in [3.05, 3.63) is 35.1 Å². The van der Waals surface area contributed by atoms with Crippen molar-refractivity contribution in [2.24, 2.45) is 7.05 Å². The Morgan fingerprint density at radius 2 is 2.09 bits per heavy atom. The maximum Gasteiger partial charge on any atom is 0.177 e. The predicted molar refractivity (Wildman–Crippen MR) is 87.1 cm³/mol. The second-order valence-corrected chi connectivity index (χ2v) is 8.19. The van der Waals surface area contributed by atoms with E-state index in [0.29, 0.717) is 23.7 Å². The molecule has 0 atom stereocenters. The molecular weight excluding hydrogens is 370 g/mol. The fraction of sp³-hybridized carbons (Fsp3) is 0.357. The lowest BCUT2D eigenvalue weighted by Crippen LogP contribution is -2.54. The van der Waals surface area contributed by atoms with Gasteiger partial charge in [0.05, 0.1) is 36.1 Å². The van der Waals surface area contributed by atoms with Crippen LogP contribution in [0.25, 0.3) is 0 Å². The molecule has 0 saturated carbocycles. The molecule has 1 aromatic heterocycles. The third-order valence-corrected chi connectivity index (χ3v) is 5.27. The Labute approximate surface area is 137 Å². The van der Waals surface area contributed by atoms with Crippen LogP contribution in [0.1, 0.15) is 0 Å². The monoisotopic (exact) mass is 385 g/mol. The zero-order chi connectivity index (χ0) is 15.9. The summed E-state index contributed by atoms with van der Waals surface area (Å²) in [7, 11) is -1.44. The van der Waals surface area contributed by atoms with Crippen molar-refractivity contribution in [1.29, 1.82) is 0 Å². The highest BCUT2D eigenvalue weighted by Crippen LogP contribution is 2.36. The molecule has 0 amide bonds. The van der Waals surface area contributed by atoms with Crippen molar-refractivity contribution in [3.63, 3.8) is 0 Å². The molecule has 3 rings (SSSR count). The largest absolute Gasteiger partial charge is 0.483 e. The van der Waals surface area contributed by atoms with Gasteiger partial charge in [0.25, 0.3) is 0 Å². The average Bonchev–Trinajstić information content (AvgIpc) is 2.78. The molecule has 2 heterocycles. The van der Waals surface area contributed by atoms with Gasteiger partial charge in [-0.15, -0.1) is 0 Å². The molecule has 0 bridgehead atoms. The van der Waals surface area contributed by atoms with E-state index in [-0.39, 0.29) is 6.10 Å². The molecule has 8 heteroatoms. The fourth-order valence-electron chi connectivity index (χ4n) is 2.45. The number of rotatable bonds is 4. The first-order chi connectivity index (χ1) is 10.3. The number of hydrogen-bond donors (Lipinski definition) is 0. The number of ether oxygens (including phenoxy) is 1. The lowest BCUT2D eigenvalue weighted by molar-refractivity contribution is 0.167. The van der Waals surface area contributed by atoms with Gasteiger partial charge in [-0.05, 0) is 28.1 Å². The number of sulfone groups is 1. The van der Waals surface area contributed by atoms with Gasteiger partial charge in [0.1, 0.15) is 6.10 Å². The molecule has 0 N–H and O–H groups in total. The van der Waals surface area contributed by atoms with E-state index in [2.05, 4.69) is 21.0 Å². The Morgan fingerprint density at radius 1 is 1.36 bits per heavy atom. The van der Waals surface area contributed by atoms with E-state index < -0.39 is 9.84 Å². The normalized spacial score (nSPS) is 15.7. The fourth-order valence-corrected chi connectivity index (χ4v) is 4.11. The van der Waals surface area contributed by atoms with E-state index in [1.54, 1.807) is 23.0 Å². The Kier molecular flexibility index (Phi) is 3.90. The van der Waals surface area contributed by atoms with E-state index in [4.69, 9.17) is 4.74 Å². The van der Waals surface area contributed by atoms with Crippen LogP contribution in [-0.2, 0) is 16.9 Å². The number of nitrogens with zero attached hydrogens (tertiary/aromatic N) is 3. The second-order valence-electron chi connectivity index (χ2n) is 5.35. The molecule has 0 spiro atoms. The smallest absolute Gasteiger partial charge is 0.177 e. The highest BCUT2D eigenvalue weighted by Gasteiger charge is 2.33. The van der Waals surface area contributed by atoms with Crippen LogP contribution in [0.3, 0.4) is 0 Å². The Hall–Kier alpha value is -1.54. The second kappa shape index (κ2) is 5.58. The Balaban J connectivity index is 1.75. The molecule has 0 radical (unpaired) electrons. The molecule has 1 aliphatic heterocycles. The molecule has 1 fully saturated rings. The van der Waals surface area contributed by atoms with Gasteiger partial charge >= 0.3 is 0 Å². The summed E-state index contributed by atoms with van der Waals surface area (Å²) in [4.78, 5) is 2.34. The van der Waals surface area contributed by atoms with E-state index in [0.717, 1.165) is 10.2 Å². The van der Waals surface area contributed by atoms with Crippen molar-refractivity contribution >= 4 is 31.5 Å². The maximum atomic E-state index is 11.9. The zero-order valence-electron chi connectivity index (χ0n) is 12.2. The summed E-state index contributed by atoms with van der Waals surface area (Å²) in [6.45, 7) is 1.28. The Morgan fingerprint density at radius 3 is 2.68 bits per heavy atom. The number of benzene rings is 1.